The Morgan fingerprint density at radius 1 is 1.37 bits per heavy atom. The van der Waals surface area contributed by atoms with Crippen LogP contribution in [-0.2, 0) is 9.53 Å². The van der Waals surface area contributed by atoms with Crippen molar-refractivity contribution < 1.29 is 14.3 Å². The number of nitrogens with one attached hydrogen (secondary N) is 1. The van der Waals surface area contributed by atoms with Crippen molar-refractivity contribution >= 4 is 17.7 Å². The summed E-state index contributed by atoms with van der Waals surface area (Å²) in [7, 11) is 4.71. The summed E-state index contributed by atoms with van der Waals surface area (Å²) < 4.78 is 4.65. The van der Waals surface area contributed by atoms with E-state index in [4.69, 9.17) is 0 Å². The zero-order valence-electron chi connectivity index (χ0n) is 11.9. The van der Waals surface area contributed by atoms with Crippen molar-refractivity contribution in [3.05, 3.63) is 23.4 Å². The second-order valence-corrected chi connectivity index (χ2v) is 4.42. The minimum absolute atomic E-state index is 0.0449. The molecular weight excluding hydrogens is 246 g/mol. The number of likely N-dealkylation sites (N-methyl/N-ethyl adjacent to an activating group) is 1. The lowest BCUT2D eigenvalue weighted by molar-refractivity contribution is -0.129. The normalized spacial score (nSPS) is 11.6. The number of anilines is 1. The molecule has 6 heteroatoms. The third-order valence-corrected chi connectivity index (χ3v) is 2.67. The SMILES string of the molecule is COC(=O)c1ccc(NC(C)C(=O)N(C)C)nc1C. The number of ether oxygens (including phenoxy) is 1. The van der Waals surface area contributed by atoms with Gasteiger partial charge in [-0.05, 0) is 26.0 Å². The number of aromatic nitrogens is 1. The molecule has 1 N–H and O–H groups in total. The lowest BCUT2D eigenvalue weighted by Crippen LogP contribution is -2.36. The van der Waals surface area contributed by atoms with Gasteiger partial charge < -0.3 is 15.0 Å². The number of pyridine rings is 1. The fourth-order valence-electron chi connectivity index (χ4n) is 1.64. The van der Waals surface area contributed by atoms with Crippen molar-refractivity contribution in [1.82, 2.24) is 9.88 Å². The maximum absolute atomic E-state index is 11.7. The van der Waals surface area contributed by atoms with Gasteiger partial charge in [-0.15, -0.1) is 0 Å². The number of amides is 1. The Morgan fingerprint density at radius 2 is 2.00 bits per heavy atom. The molecule has 1 rings (SSSR count). The number of carbonyl (C=O) groups excluding carboxylic acids is 2. The predicted octanol–water partition coefficient (Wildman–Crippen LogP) is 1.07. The molecule has 0 fully saturated rings. The Kier molecular flexibility index (Phi) is 4.86. The second kappa shape index (κ2) is 6.17. The van der Waals surface area contributed by atoms with Crippen molar-refractivity contribution in [2.75, 3.05) is 26.5 Å². The first-order valence-electron chi connectivity index (χ1n) is 5.90. The summed E-state index contributed by atoms with van der Waals surface area (Å²) in [6.07, 6.45) is 0. The second-order valence-electron chi connectivity index (χ2n) is 4.42. The molecule has 19 heavy (non-hydrogen) atoms. The summed E-state index contributed by atoms with van der Waals surface area (Å²) in [6, 6.07) is 2.90. The van der Waals surface area contributed by atoms with Gasteiger partial charge in [0.15, 0.2) is 0 Å². The Bertz CT molecular complexity index is 486. The van der Waals surface area contributed by atoms with Gasteiger partial charge in [-0.1, -0.05) is 0 Å². The van der Waals surface area contributed by atoms with Crippen molar-refractivity contribution in [1.29, 1.82) is 0 Å². The molecule has 0 saturated carbocycles. The van der Waals surface area contributed by atoms with Gasteiger partial charge in [0.2, 0.25) is 5.91 Å². The smallest absolute Gasteiger partial charge is 0.339 e. The molecule has 104 valence electrons. The third-order valence-electron chi connectivity index (χ3n) is 2.67. The van der Waals surface area contributed by atoms with E-state index in [0.717, 1.165) is 0 Å². The number of hydrogen-bond acceptors (Lipinski definition) is 5. The zero-order chi connectivity index (χ0) is 14.6. The largest absolute Gasteiger partial charge is 0.465 e. The van der Waals surface area contributed by atoms with Gasteiger partial charge in [0.1, 0.15) is 11.9 Å². The van der Waals surface area contributed by atoms with Crippen LogP contribution in [-0.4, -0.2) is 49.0 Å². The Balaban J connectivity index is 2.85. The van der Waals surface area contributed by atoms with Gasteiger partial charge in [0.25, 0.3) is 0 Å². The maximum Gasteiger partial charge on any atom is 0.339 e. The molecule has 0 aliphatic heterocycles. The molecule has 0 bridgehead atoms. The molecular formula is C13H19N3O3. The standard InChI is InChI=1S/C13H19N3O3/c1-8-10(13(18)19-5)6-7-11(14-8)15-9(2)12(17)16(3)4/h6-7,9H,1-5H3,(H,14,15). The summed E-state index contributed by atoms with van der Waals surface area (Å²) in [5, 5.41) is 2.99. The number of esters is 1. The maximum atomic E-state index is 11.7. The van der Waals surface area contributed by atoms with E-state index in [2.05, 4.69) is 15.0 Å². The highest BCUT2D eigenvalue weighted by atomic mass is 16.5. The minimum Gasteiger partial charge on any atom is -0.465 e. The number of aryl methyl sites for hydroxylation is 1. The van der Waals surface area contributed by atoms with Crippen LogP contribution in [0.4, 0.5) is 5.82 Å². The molecule has 0 aliphatic rings. The monoisotopic (exact) mass is 265 g/mol. The summed E-state index contributed by atoms with van der Waals surface area (Å²) in [5.41, 5.74) is 0.973. The molecule has 1 aromatic rings. The van der Waals surface area contributed by atoms with E-state index >= 15 is 0 Å². The average Bonchev–Trinajstić information content (AvgIpc) is 2.36. The molecule has 0 spiro atoms. The van der Waals surface area contributed by atoms with E-state index in [9.17, 15) is 9.59 Å². The molecule has 1 atom stereocenters. The van der Waals surface area contributed by atoms with E-state index < -0.39 is 5.97 Å². The zero-order valence-corrected chi connectivity index (χ0v) is 11.9. The van der Waals surface area contributed by atoms with Gasteiger partial charge in [0.05, 0.1) is 18.4 Å². The molecule has 0 saturated heterocycles. The average molecular weight is 265 g/mol. The van der Waals surface area contributed by atoms with E-state index in [-0.39, 0.29) is 11.9 Å². The summed E-state index contributed by atoms with van der Waals surface area (Å²) >= 11 is 0. The predicted molar refractivity (Wildman–Crippen MR) is 72.1 cm³/mol. The van der Waals surface area contributed by atoms with Crippen molar-refractivity contribution in [2.45, 2.75) is 19.9 Å². The Hall–Kier alpha value is -2.11. The Morgan fingerprint density at radius 3 is 2.47 bits per heavy atom. The molecule has 6 nitrogen and oxygen atoms in total. The molecule has 1 amide bonds. The van der Waals surface area contributed by atoms with Crippen LogP contribution in [0.5, 0.6) is 0 Å². The number of methoxy groups -OCH3 is 1. The highest BCUT2D eigenvalue weighted by Gasteiger charge is 2.16. The number of hydrogen-bond donors (Lipinski definition) is 1. The van der Waals surface area contributed by atoms with Gasteiger partial charge >= 0.3 is 5.97 Å². The first-order chi connectivity index (χ1) is 8.86. The van der Waals surface area contributed by atoms with Crippen molar-refractivity contribution in [3.8, 4) is 0 Å². The summed E-state index contributed by atoms with van der Waals surface area (Å²) in [6.45, 7) is 3.48. The van der Waals surface area contributed by atoms with Crippen LogP contribution in [0, 0.1) is 6.92 Å². The van der Waals surface area contributed by atoms with E-state index in [1.165, 1.54) is 12.0 Å². The van der Waals surface area contributed by atoms with Crippen LogP contribution in [0.15, 0.2) is 12.1 Å². The minimum atomic E-state index is -0.422. The van der Waals surface area contributed by atoms with Crippen molar-refractivity contribution in [2.24, 2.45) is 0 Å². The first-order valence-corrected chi connectivity index (χ1v) is 5.90. The van der Waals surface area contributed by atoms with Crippen LogP contribution in [0.25, 0.3) is 0 Å². The third kappa shape index (κ3) is 3.67. The topological polar surface area (TPSA) is 71.5 Å². The van der Waals surface area contributed by atoms with Gasteiger partial charge in [-0.3, -0.25) is 4.79 Å². The fraction of sp³-hybridized carbons (Fsp3) is 0.462. The number of nitrogens with zero attached hydrogens (tertiary/aromatic N) is 2. The highest BCUT2D eigenvalue weighted by molar-refractivity contribution is 5.90. The highest BCUT2D eigenvalue weighted by Crippen LogP contribution is 2.12. The van der Waals surface area contributed by atoms with Crippen LogP contribution < -0.4 is 5.32 Å². The first kappa shape index (κ1) is 14.9. The quantitative estimate of drug-likeness (QED) is 0.824. The van der Waals surface area contributed by atoms with Crippen LogP contribution in [0.1, 0.15) is 23.0 Å². The molecule has 0 radical (unpaired) electrons. The van der Waals surface area contributed by atoms with Crippen LogP contribution in [0.2, 0.25) is 0 Å². The van der Waals surface area contributed by atoms with Crippen LogP contribution in [0.3, 0.4) is 0 Å². The van der Waals surface area contributed by atoms with E-state index in [1.54, 1.807) is 40.1 Å². The van der Waals surface area contributed by atoms with Crippen LogP contribution >= 0.6 is 0 Å². The Labute approximate surface area is 112 Å². The molecule has 0 aliphatic carbocycles. The van der Waals surface area contributed by atoms with E-state index in [1.807, 2.05) is 0 Å². The molecule has 1 heterocycles. The molecule has 0 aromatic carbocycles. The number of rotatable bonds is 4. The molecule has 1 aromatic heterocycles. The summed E-state index contributed by atoms with van der Waals surface area (Å²) in [5.74, 6) is 0.0818. The number of carbonyl (C=O) groups is 2. The molecule has 1 unspecified atom stereocenters. The summed E-state index contributed by atoms with van der Waals surface area (Å²) in [4.78, 5) is 28.9. The van der Waals surface area contributed by atoms with Gasteiger partial charge in [-0.2, -0.15) is 0 Å². The fourth-order valence-corrected chi connectivity index (χ4v) is 1.64. The van der Waals surface area contributed by atoms with Crippen molar-refractivity contribution in [3.63, 3.8) is 0 Å². The van der Waals surface area contributed by atoms with E-state index in [0.29, 0.717) is 17.1 Å². The van der Waals surface area contributed by atoms with Gasteiger partial charge in [0, 0.05) is 14.1 Å². The lowest BCUT2D eigenvalue weighted by atomic mass is 10.2. The lowest BCUT2D eigenvalue weighted by Gasteiger charge is -2.18. The van der Waals surface area contributed by atoms with Gasteiger partial charge in [-0.25, -0.2) is 9.78 Å².